The predicted octanol–water partition coefficient (Wildman–Crippen LogP) is 2.37. The standard InChI is InChI=1S/C17H25N3O2/c1-2-4-15(21)17(22)20-9-3-5-14(12-20)16-18-8-10-19(16)11-13-6-7-13/h8,10,13-14H,2-7,9,11-12H2,1H3/t14-/m1/s1. The summed E-state index contributed by atoms with van der Waals surface area (Å²) in [7, 11) is 0. The number of piperidine rings is 1. The monoisotopic (exact) mass is 303 g/mol. The number of likely N-dealkylation sites (tertiary alicyclic amines) is 1. The lowest BCUT2D eigenvalue weighted by atomic mass is 9.96. The molecule has 120 valence electrons. The van der Waals surface area contributed by atoms with E-state index in [4.69, 9.17) is 0 Å². The van der Waals surface area contributed by atoms with Gasteiger partial charge in [0, 0.05) is 44.4 Å². The van der Waals surface area contributed by atoms with E-state index in [1.165, 1.54) is 12.8 Å². The number of aromatic nitrogens is 2. The van der Waals surface area contributed by atoms with Gasteiger partial charge in [-0.2, -0.15) is 0 Å². The lowest BCUT2D eigenvalue weighted by Crippen LogP contribution is -2.43. The number of imidazole rings is 1. The molecule has 0 bridgehead atoms. The number of hydrogen-bond donors (Lipinski definition) is 0. The molecule has 2 heterocycles. The first-order valence-electron chi connectivity index (χ1n) is 8.52. The molecule has 1 amide bonds. The van der Waals surface area contributed by atoms with Crippen LogP contribution < -0.4 is 0 Å². The van der Waals surface area contributed by atoms with E-state index in [0.29, 0.717) is 19.5 Å². The van der Waals surface area contributed by atoms with Crippen LogP contribution in [0.3, 0.4) is 0 Å². The Hall–Kier alpha value is -1.65. The molecule has 5 heteroatoms. The minimum Gasteiger partial charge on any atom is -0.335 e. The third-order valence-electron chi connectivity index (χ3n) is 4.69. The highest BCUT2D eigenvalue weighted by Crippen LogP contribution is 2.33. The molecule has 0 N–H and O–H groups in total. The lowest BCUT2D eigenvalue weighted by molar-refractivity contribution is -0.145. The maximum absolute atomic E-state index is 12.2. The minimum absolute atomic E-state index is 0.246. The third kappa shape index (κ3) is 3.39. The molecule has 1 saturated heterocycles. The van der Waals surface area contributed by atoms with Gasteiger partial charge in [0.1, 0.15) is 5.82 Å². The second-order valence-corrected chi connectivity index (χ2v) is 6.64. The zero-order chi connectivity index (χ0) is 15.5. The van der Waals surface area contributed by atoms with E-state index in [9.17, 15) is 9.59 Å². The van der Waals surface area contributed by atoms with E-state index < -0.39 is 0 Å². The van der Waals surface area contributed by atoms with Crippen LogP contribution in [0.5, 0.6) is 0 Å². The van der Waals surface area contributed by atoms with Gasteiger partial charge in [-0.3, -0.25) is 9.59 Å². The highest BCUT2D eigenvalue weighted by molar-refractivity contribution is 6.36. The van der Waals surface area contributed by atoms with Crippen molar-refractivity contribution in [2.75, 3.05) is 13.1 Å². The molecule has 1 aromatic rings. The largest absolute Gasteiger partial charge is 0.335 e. The summed E-state index contributed by atoms with van der Waals surface area (Å²) in [5, 5.41) is 0. The zero-order valence-electron chi connectivity index (χ0n) is 13.3. The number of rotatable bonds is 6. The molecular weight excluding hydrogens is 278 g/mol. The van der Waals surface area contributed by atoms with Gasteiger partial charge in [-0.25, -0.2) is 4.98 Å². The van der Waals surface area contributed by atoms with E-state index in [-0.39, 0.29) is 17.6 Å². The molecule has 1 saturated carbocycles. The van der Waals surface area contributed by atoms with E-state index in [1.54, 1.807) is 4.90 Å². The Labute approximate surface area is 131 Å². The van der Waals surface area contributed by atoms with Crippen molar-refractivity contribution in [3.05, 3.63) is 18.2 Å². The van der Waals surface area contributed by atoms with Gasteiger partial charge >= 0.3 is 0 Å². The van der Waals surface area contributed by atoms with Crippen LogP contribution in [0.4, 0.5) is 0 Å². The van der Waals surface area contributed by atoms with Crippen molar-refractivity contribution in [1.29, 1.82) is 0 Å². The minimum atomic E-state index is -0.299. The van der Waals surface area contributed by atoms with E-state index in [0.717, 1.165) is 37.5 Å². The summed E-state index contributed by atoms with van der Waals surface area (Å²) in [6.07, 6.45) is 9.64. The summed E-state index contributed by atoms with van der Waals surface area (Å²) in [6, 6.07) is 0. The topological polar surface area (TPSA) is 55.2 Å². The van der Waals surface area contributed by atoms with Crippen molar-refractivity contribution < 1.29 is 9.59 Å². The summed E-state index contributed by atoms with van der Waals surface area (Å²) >= 11 is 0. The maximum atomic E-state index is 12.2. The zero-order valence-corrected chi connectivity index (χ0v) is 13.3. The number of carbonyl (C=O) groups excluding carboxylic acids is 2. The van der Waals surface area contributed by atoms with Crippen LogP contribution >= 0.6 is 0 Å². The summed E-state index contributed by atoms with van der Waals surface area (Å²) in [4.78, 5) is 30.3. The fraction of sp³-hybridized carbons (Fsp3) is 0.706. The Morgan fingerprint density at radius 2 is 2.14 bits per heavy atom. The molecule has 2 fully saturated rings. The number of carbonyl (C=O) groups is 2. The second kappa shape index (κ2) is 6.63. The molecule has 1 aromatic heterocycles. The smallest absolute Gasteiger partial charge is 0.289 e. The van der Waals surface area contributed by atoms with Crippen molar-refractivity contribution in [1.82, 2.24) is 14.5 Å². The molecule has 0 aromatic carbocycles. The molecule has 1 aliphatic heterocycles. The predicted molar refractivity (Wildman–Crippen MR) is 83.4 cm³/mol. The number of hydrogen-bond acceptors (Lipinski definition) is 3. The summed E-state index contributed by atoms with van der Waals surface area (Å²) in [6.45, 7) is 4.32. The number of nitrogens with zero attached hydrogens (tertiary/aromatic N) is 3. The molecule has 2 aliphatic rings. The van der Waals surface area contributed by atoms with E-state index in [1.807, 2.05) is 13.1 Å². The molecule has 3 rings (SSSR count). The first-order valence-corrected chi connectivity index (χ1v) is 8.52. The maximum Gasteiger partial charge on any atom is 0.289 e. The van der Waals surface area contributed by atoms with Crippen molar-refractivity contribution in [3.8, 4) is 0 Å². The highest BCUT2D eigenvalue weighted by atomic mass is 16.2. The molecule has 1 atom stereocenters. The first-order chi connectivity index (χ1) is 10.7. The quantitative estimate of drug-likeness (QED) is 0.758. The van der Waals surface area contributed by atoms with Crippen LogP contribution in [-0.4, -0.2) is 39.2 Å². The Kier molecular flexibility index (Phi) is 4.60. The van der Waals surface area contributed by atoms with Crippen LogP contribution in [0.2, 0.25) is 0 Å². The van der Waals surface area contributed by atoms with E-state index in [2.05, 4.69) is 15.7 Å². The summed E-state index contributed by atoms with van der Waals surface area (Å²) in [5.74, 6) is 1.62. The van der Waals surface area contributed by atoms with Crippen molar-refractivity contribution in [2.24, 2.45) is 5.92 Å². The van der Waals surface area contributed by atoms with Gasteiger partial charge in [0.15, 0.2) is 0 Å². The molecular formula is C17H25N3O2. The third-order valence-corrected chi connectivity index (χ3v) is 4.69. The van der Waals surface area contributed by atoms with Gasteiger partial charge in [0.05, 0.1) is 0 Å². The average molecular weight is 303 g/mol. The van der Waals surface area contributed by atoms with Crippen LogP contribution in [0, 0.1) is 5.92 Å². The number of amides is 1. The second-order valence-electron chi connectivity index (χ2n) is 6.64. The van der Waals surface area contributed by atoms with Crippen molar-refractivity contribution in [2.45, 2.75) is 57.9 Å². The molecule has 0 radical (unpaired) electrons. The Morgan fingerprint density at radius 3 is 2.86 bits per heavy atom. The first kappa shape index (κ1) is 15.3. The summed E-state index contributed by atoms with van der Waals surface area (Å²) < 4.78 is 2.25. The van der Waals surface area contributed by atoms with Gasteiger partial charge in [0.25, 0.3) is 5.91 Å². The van der Waals surface area contributed by atoms with Gasteiger partial charge in [-0.1, -0.05) is 6.92 Å². The molecule has 0 spiro atoms. The Bertz CT molecular complexity index is 548. The van der Waals surface area contributed by atoms with Crippen LogP contribution in [0.25, 0.3) is 0 Å². The summed E-state index contributed by atoms with van der Waals surface area (Å²) in [5.41, 5.74) is 0. The SMILES string of the molecule is CCCC(=O)C(=O)N1CCC[C@@H](c2nccn2CC2CC2)C1. The van der Waals surface area contributed by atoms with Crippen LogP contribution in [0.1, 0.15) is 57.2 Å². The highest BCUT2D eigenvalue weighted by Gasteiger charge is 2.31. The molecule has 0 unspecified atom stereocenters. The lowest BCUT2D eigenvalue weighted by Gasteiger charge is -2.32. The van der Waals surface area contributed by atoms with Gasteiger partial charge < -0.3 is 9.47 Å². The van der Waals surface area contributed by atoms with Gasteiger partial charge in [-0.15, -0.1) is 0 Å². The fourth-order valence-corrected chi connectivity index (χ4v) is 3.30. The van der Waals surface area contributed by atoms with Crippen LogP contribution in [0.15, 0.2) is 12.4 Å². The molecule has 1 aliphatic carbocycles. The fourth-order valence-electron chi connectivity index (χ4n) is 3.30. The average Bonchev–Trinajstić information content (AvgIpc) is 3.22. The van der Waals surface area contributed by atoms with Gasteiger partial charge in [0.2, 0.25) is 5.78 Å². The normalized spacial score (nSPS) is 21.9. The van der Waals surface area contributed by atoms with Crippen LogP contribution in [-0.2, 0) is 16.1 Å². The van der Waals surface area contributed by atoms with Crippen molar-refractivity contribution in [3.63, 3.8) is 0 Å². The van der Waals surface area contributed by atoms with Gasteiger partial charge in [-0.05, 0) is 38.0 Å². The Balaban J connectivity index is 1.66. The number of ketones is 1. The molecule has 5 nitrogen and oxygen atoms in total. The number of Topliss-reactive ketones (excluding diaryl/α,β-unsaturated/α-hetero) is 1. The van der Waals surface area contributed by atoms with E-state index >= 15 is 0 Å². The molecule has 22 heavy (non-hydrogen) atoms. The van der Waals surface area contributed by atoms with Crippen molar-refractivity contribution >= 4 is 11.7 Å². The Morgan fingerprint density at radius 1 is 1.32 bits per heavy atom.